The van der Waals surface area contributed by atoms with E-state index in [1.165, 1.54) is 0 Å². The summed E-state index contributed by atoms with van der Waals surface area (Å²) in [6.07, 6.45) is 3.81. The van der Waals surface area contributed by atoms with Gasteiger partial charge >= 0.3 is 0 Å². The molecule has 0 spiro atoms. The van der Waals surface area contributed by atoms with Gasteiger partial charge in [-0.05, 0) is 67.1 Å². The molecule has 0 amide bonds. The zero-order valence-corrected chi connectivity index (χ0v) is 18.2. The van der Waals surface area contributed by atoms with Crippen molar-refractivity contribution in [1.29, 1.82) is 0 Å². The summed E-state index contributed by atoms with van der Waals surface area (Å²) in [5.74, 6) is 2.09. The van der Waals surface area contributed by atoms with E-state index >= 15 is 0 Å². The third-order valence-corrected chi connectivity index (χ3v) is 5.36. The molecule has 0 unspecified atom stereocenters. The van der Waals surface area contributed by atoms with Crippen LogP contribution in [0.5, 0.6) is 11.5 Å². The Labute approximate surface area is 192 Å². The number of rotatable bonds is 5. The van der Waals surface area contributed by atoms with Gasteiger partial charge in [0, 0.05) is 0 Å². The van der Waals surface area contributed by atoms with Crippen LogP contribution in [0.4, 0.5) is 0 Å². The topological polar surface area (TPSA) is 44.1 Å². The second kappa shape index (κ2) is 8.97. The van der Waals surface area contributed by atoms with Crippen molar-refractivity contribution in [2.24, 2.45) is 0 Å². The van der Waals surface area contributed by atoms with E-state index in [4.69, 9.17) is 9.72 Å². The van der Waals surface area contributed by atoms with Crippen LogP contribution in [0.3, 0.4) is 0 Å². The smallest absolute Gasteiger partial charge is 0.266 e. The molecule has 0 bridgehead atoms. The van der Waals surface area contributed by atoms with Gasteiger partial charge in [-0.15, -0.1) is 0 Å². The van der Waals surface area contributed by atoms with Gasteiger partial charge in [-0.3, -0.25) is 9.36 Å². The minimum absolute atomic E-state index is 0.0923. The lowest BCUT2D eigenvalue weighted by molar-refractivity contribution is 0.482. The molecule has 0 aliphatic heterocycles. The number of fused-ring (bicyclic) bond motifs is 1. The fourth-order valence-electron chi connectivity index (χ4n) is 3.68. The summed E-state index contributed by atoms with van der Waals surface area (Å²) in [7, 11) is 0. The number of hydrogen-bond acceptors (Lipinski definition) is 3. The second-order valence-electron chi connectivity index (χ2n) is 7.78. The van der Waals surface area contributed by atoms with E-state index in [9.17, 15) is 4.79 Å². The van der Waals surface area contributed by atoms with Gasteiger partial charge < -0.3 is 4.74 Å². The van der Waals surface area contributed by atoms with Crippen LogP contribution in [0.1, 0.15) is 17.0 Å². The first-order chi connectivity index (χ1) is 16.2. The molecule has 4 aromatic carbocycles. The van der Waals surface area contributed by atoms with Crippen molar-refractivity contribution in [2.75, 3.05) is 0 Å². The number of hydrogen-bond donors (Lipinski definition) is 0. The minimum atomic E-state index is -0.0923. The fourth-order valence-corrected chi connectivity index (χ4v) is 3.68. The van der Waals surface area contributed by atoms with Crippen LogP contribution in [-0.4, -0.2) is 9.55 Å². The first-order valence-corrected chi connectivity index (χ1v) is 10.8. The molecule has 0 saturated carbocycles. The molecular formula is C29H22N2O2. The number of aromatic nitrogens is 2. The van der Waals surface area contributed by atoms with Crippen molar-refractivity contribution < 1.29 is 4.74 Å². The summed E-state index contributed by atoms with van der Waals surface area (Å²) in [5.41, 5.74) is 3.44. The third kappa shape index (κ3) is 4.46. The van der Waals surface area contributed by atoms with Crippen LogP contribution in [0.2, 0.25) is 0 Å². The van der Waals surface area contributed by atoms with E-state index in [-0.39, 0.29) is 5.56 Å². The van der Waals surface area contributed by atoms with Crippen LogP contribution < -0.4 is 10.3 Å². The number of para-hydroxylation sites is 2. The summed E-state index contributed by atoms with van der Waals surface area (Å²) < 4.78 is 7.60. The van der Waals surface area contributed by atoms with Gasteiger partial charge in [0.1, 0.15) is 17.3 Å². The highest BCUT2D eigenvalue weighted by Crippen LogP contribution is 2.23. The molecule has 5 aromatic rings. The molecule has 0 aliphatic carbocycles. The molecule has 0 saturated heterocycles. The lowest BCUT2D eigenvalue weighted by atomic mass is 10.1. The Bertz CT molecular complexity index is 1500. The van der Waals surface area contributed by atoms with Gasteiger partial charge in [0.05, 0.1) is 16.6 Å². The van der Waals surface area contributed by atoms with E-state index in [0.717, 1.165) is 28.3 Å². The molecular weight excluding hydrogens is 408 g/mol. The van der Waals surface area contributed by atoms with E-state index in [1.54, 1.807) is 4.57 Å². The molecule has 5 rings (SSSR count). The number of ether oxygens (including phenoxy) is 1. The molecule has 0 atom stereocenters. The first-order valence-electron chi connectivity index (χ1n) is 10.8. The molecule has 4 nitrogen and oxygen atoms in total. The van der Waals surface area contributed by atoms with Gasteiger partial charge in [0.2, 0.25) is 0 Å². The summed E-state index contributed by atoms with van der Waals surface area (Å²) >= 11 is 0. The summed E-state index contributed by atoms with van der Waals surface area (Å²) in [6.45, 7) is 2.02. The van der Waals surface area contributed by atoms with Crippen LogP contribution >= 0.6 is 0 Å². The Morgan fingerprint density at radius 2 is 1.48 bits per heavy atom. The zero-order chi connectivity index (χ0) is 22.6. The number of nitrogens with zero attached hydrogens (tertiary/aromatic N) is 2. The van der Waals surface area contributed by atoms with Crippen molar-refractivity contribution >= 4 is 23.1 Å². The van der Waals surface area contributed by atoms with Gasteiger partial charge in [-0.2, -0.15) is 0 Å². The van der Waals surface area contributed by atoms with Gasteiger partial charge in [0.15, 0.2) is 0 Å². The molecule has 0 aliphatic rings. The standard InChI is InChI=1S/C29H22N2O2/c1-21-14-17-23(18-15-21)31-28(30-27-13-6-5-12-26(27)29(31)32)19-16-22-8-7-11-25(20-22)33-24-9-3-2-4-10-24/h2-20H,1H3. The molecule has 0 N–H and O–H groups in total. The lowest BCUT2D eigenvalue weighted by Crippen LogP contribution is -2.22. The first kappa shape index (κ1) is 20.5. The van der Waals surface area contributed by atoms with Crippen LogP contribution in [0.15, 0.2) is 108 Å². The average Bonchev–Trinajstić information content (AvgIpc) is 2.85. The molecule has 1 heterocycles. The van der Waals surface area contributed by atoms with E-state index < -0.39 is 0 Å². The van der Waals surface area contributed by atoms with Crippen LogP contribution in [-0.2, 0) is 0 Å². The maximum atomic E-state index is 13.4. The monoisotopic (exact) mass is 430 g/mol. The fraction of sp³-hybridized carbons (Fsp3) is 0.0345. The molecule has 0 radical (unpaired) electrons. The minimum Gasteiger partial charge on any atom is -0.457 e. The van der Waals surface area contributed by atoms with E-state index in [2.05, 4.69) is 0 Å². The largest absolute Gasteiger partial charge is 0.457 e. The normalized spacial score (nSPS) is 11.2. The predicted molar refractivity (Wildman–Crippen MR) is 134 cm³/mol. The van der Waals surface area contributed by atoms with Crippen LogP contribution in [0, 0.1) is 6.92 Å². The van der Waals surface area contributed by atoms with Gasteiger partial charge in [0.25, 0.3) is 5.56 Å². The average molecular weight is 431 g/mol. The predicted octanol–water partition coefficient (Wildman–Crippen LogP) is 6.66. The van der Waals surface area contributed by atoms with Crippen molar-refractivity contribution in [3.8, 4) is 17.2 Å². The summed E-state index contributed by atoms with van der Waals surface area (Å²) in [6, 6.07) is 32.8. The van der Waals surface area contributed by atoms with Crippen molar-refractivity contribution in [2.45, 2.75) is 6.92 Å². The lowest BCUT2D eigenvalue weighted by Gasteiger charge is -2.12. The Balaban J connectivity index is 1.56. The van der Waals surface area contributed by atoms with Gasteiger partial charge in [-0.25, -0.2) is 4.98 Å². The molecule has 160 valence electrons. The Morgan fingerprint density at radius 3 is 2.30 bits per heavy atom. The summed E-state index contributed by atoms with van der Waals surface area (Å²) in [5, 5.41) is 0.591. The van der Waals surface area contributed by atoms with Crippen molar-refractivity contribution in [1.82, 2.24) is 9.55 Å². The molecule has 0 fully saturated rings. The summed E-state index contributed by atoms with van der Waals surface area (Å²) in [4.78, 5) is 18.2. The molecule has 1 aromatic heterocycles. The highest BCUT2D eigenvalue weighted by molar-refractivity contribution is 5.80. The quantitative estimate of drug-likeness (QED) is 0.313. The van der Waals surface area contributed by atoms with E-state index in [1.807, 2.05) is 122 Å². The Morgan fingerprint density at radius 1 is 0.758 bits per heavy atom. The molecule has 33 heavy (non-hydrogen) atoms. The highest BCUT2D eigenvalue weighted by Gasteiger charge is 2.11. The van der Waals surface area contributed by atoms with Crippen molar-refractivity contribution in [3.63, 3.8) is 0 Å². The number of benzene rings is 4. The molecule has 4 heteroatoms. The number of aryl methyl sites for hydroxylation is 1. The zero-order valence-electron chi connectivity index (χ0n) is 18.2. The van der Waals surface area contributed by atoms with Gasteiger partial charge in [-0.1, -0.05) is 66.2 Å². The van der Waals surface area contributed by atoms with Crippen LogP contribution in [0.25, 0.3) is 28.7 Å². The maximum absolute atomic E-state index is 13.4. The second-order valence-corrected chi connectivity index (χ2v) is 7.78. The highest BCUT2D eigenvalue weighted by atomic mass is 16.5. The Kier molecular flexibility index (Phi) is 5.56. The maximum Gasteiger partial charge on any atom is 0.266 e. The van der Waals surface area contributed by atoms with Crippen molar-refractivity contribution in [3.05, 3.63) is 130 Å². The Hall–Kier alpha value is -4.44. The van der Waals surface area contributed by atoms with E-state index in [0.29, 0.717) is 16.7 Å². The SMILES string of the molecule is Cc1ccc(-n2c(C=Cc3cccc(Oc4ccccc4)c3)nc3ccccc3c2=O)cc1. The third-order valence-electron chi connectivity index (χ3n) is 5.36.